The van der Waals surface area contributed by atoms with E-state index in [4.69, 9.17) is 23.2 Å². The van der Waals surface area contributed by atoms with Crippen LogP contribution in [0.25, 0.3) is 0 Å². The van der Waals surface area contributed by atoms with Crippen LogP contribution in [0, 0.1) is 0 Å². The zero-order valence-electron chi connectivity index (χ0n) is 9.00. The summed E-state index contributed by atoms with van der Waals surface area (Å²) in [6.07, 6.45) is 0.112. The lowest BCUT2D eigenvalue weighted by atomic mass is 10.2. The molecule has 0 fully saturated rings. The lowest BCUT2D eigenvalue weighted by Crippen LogP contribution is -2.39. The Hall–Kier alpha value is -1.26. The van der Waals surface area contributed by atoms with Gasteiger partial charge < -0.3 is 5.32 Å². The van der Waals surface area contributed by atoms with E-state index in [9.17, 15) is 9.59 Å². The Balaban J connectivity index is 2.38. The molecular weight excluding hydrogens is 263 g/mol. The van der Waals surface area contributed by atoms with Crippen molar-refractivity contribution in [3.8, 4) is 0 Å². The van der Waals surface area contributed by atoms with E-state index in [1.165, 1.54) is 0 Å². The highest BCUT2D eigenvalue weighted by Crippen LogP contribution is 2.13. The number of amides is 3. The molecule has 0 unspecified atom stereocenters. The van der Waals surface area contributed by atoms with Crippen molar-refractivity contribution in [1.82, 2.24) is 10.6 Å². The number of nitrogens with one attached hydrogen (secondary N) is 2. The summed E-state index contributed by atoms with van der Waals surface area (Å²) >= 11 is 11.3. The minimum atomic E-state index is -0.556. The van der Waals surface area contributed by atoms with Gasteiger partial charge in [-0.05, 0) is 11.6 Å². The van der Waals surface area contributed by atoms with Crippen molar-refractivity contribution >= 4 is 35.1 Å². The third-order valence-electron chi connectivity index (χ3n) is 1.97. The maximum absolute atomic E-state index is 11.3. The number of carbonyl (C=O) groups excluding carboxylic acids is 2. The standard InChI is InChI=1S/C11H12Cl2N2O2/c12-6-5-10(16)15-11(17)14-7-8-3-1-2-4-9(8)13/h1-4H,5-7H2,(H2,14,15,16,17). The van der Waals surface area contributed by atoms with E-state index in [1.807, 2.05) is 6.07 Å². The molecule has 1 aromatic carbocycles. The SMILES string of the molecule is O=C(CCCl)NC(=O)NCc1ccccc1Cl. The summed E-state index contributed by atoms with van der Waals surface area (Å²) in [7, 11) is 0. The first-order valence-corrected chi connectivity index (χ1v) is 5.91. The van der Waals surface area contributed by atoms with Gasteiger partial charge in [0.15, 0.2) is 0 Å². The van der Waals surface area contributed by atoms with Gasteiger partial charge in [0.1, 0.15) is 0 Å². The highest BCUT2D eigenvalue weighted by molar-refractivity contribution is 6.31. The quantitative estimate of drug-likeness (QED) is 0.828. The molecule has 4 nitrogen and oxygen atoms in total. The smallest absolute Gasteiger partial charge is 0.321 e. The molecular formula is C11H12Cl2N2O2. The largest absolute Gasteiger partial charge is 0.334 e. The highest BCUT2D eigenvalue weighted by atomic mass is 35.5. The van der Waals surface area contributed by atoms with Crippen molar-refractivity contribution < 1.29 is 9.59 Å². The first-order chi connectivity index (χ1) is 8.13. The number of alkyl halides is 1. The zero-order chi connectivity index (χ0) is 12.7. The molecule has 1 aromatic rings. The monoisotopic (exact) mass is 274 g/mol. The molecule has 0 saturated carbocycles. The van der Waals surface area contributed by atoms with Gasteiger partial charge in [0.25, 0.3) is 0 Å². The van der Waals surface area contributed by atoms with Crippen LogP contribution in [0.2, 0.25) is 5.02 Å². The fraction of sp³-hybridized carbons (Fsp3) is 0.273. The van der Waals surface area contributed by atoms with Gasteiger partial charge in [-0.2, -0.15) is 0 Å². The summed E-state index contributed by atoms with van der Waals surface area (Å²) < 4.78 is 0. The van der Waals surface area contributed by atoms with E-state index in [0.717, 1.165) is 5.56 Å². The number of carbonyl (C=O) groups is 2. The Morgan fingerprint density at radius 1 is 1.24 bits per heavy atom. The van der Waals surface area contributed by atoms with Gasteiger partial charge in [-0.3, -0.25) is 10.1 Å². The fourth-order valence-electron chi connectivity index (χ4n) is 1.14. The minimum absolute atomic E-state index is 0.112. The van der Waals surface area contributed by atoms with Gasteiger partial charge in [0.2, 0.25) is 5.91 Å². The van der Waals surface area contributed by atoms with E-state index in [0.29, 0.717) is 5.02 Å². The molecule has 0 bridgehead atoms. The Morgan fingerprint density at radius 3 is 2.59 bits per heavy atom. The number of benzene rings is 1. The molecule has 0 aromatic heterocycles. The van der Waals surface area contributed by atoms with Crippen molar-refractivity contribution in [3.63, 3.8) is 0 Å². The van der Waals surface area contributed by atoms with Crippen LogP contribution in [0.15, 0.2) is 24.3 Å². The summed E-state index contributed by atoms with van der Waals surface area (Å²) in [5.74, 6) is -0.222. The van der Waals surface area contributed by atoms with E-state index >= 15 is 0 Å². The molecule has 17 heavy (non-hydrogen) atoms. The molecule has 6 heteroatoms. The van der Waals surface area contributed by atoms with Crippen molar-refractivity contribution in [3.05, 3.63) is 34.9 Å². The predicted octanol–water partition coefficient (Wildman–Crippen LogP) is 2.29. The second kappa shape index (κ2) is 7.14. The van der Waals surface area contributed by atoms with Crippen molar-refractivity contribution in [2.45, 2.75) is 13.0 Å². The van der Waals surface area contributed by atoms with Crippen LogP contribution in [0.3, 0.4) is 0 Å². The maximum atomic E-state index is 11.3. The lowest BCUT2D eigenvalue weighted by Gasteiger charge is -2.07. The third kappa shape index (κ3) is 5.06. The molecule has 92 valence electrons. The van der Waals surface area contributed by atoms with Crippen molar-refractivity contribution in [1.29, 1.82) is 0 Å². The number of hydrogen-bond acceptors (Lipinski definition) is 2. The Bertz CT molecular complexity index is 410. The topological polar surface area (TPSA) is 58.2 Å². The first-order valence-electron chi connectivity index (χ1n) is 5.00. The van der Waals surface area contributed by atoms with Gasteiger partial charge in [0.05, 0.1) is 0 Å². The summed E-state index contributed by atoms with van der Waals surface area (Å²) in [6.45, 7) is 0.264. The summed E-state index contributed by atoms with van der Waals surface area (Å²) in [5, 5.41) is 5.25. The Morgan fingerprint density at radius 2 is 1.94 bits per heavy atom. The number of halogens is 2. The van der Waals surface area contributed by atoms with E-state index in [2.05, 4.69) is 10.6 Å². The molecule has 0 atom stereocenters. The molecule has 2 N–H and O–H groups in total. The number of hydrogen-bond donors (Lipinski definition) is 2. The second-order valence-corrected chi connectivity index (χ2v) is 4.05. The average molecular weight is 275 g/mol. The van der Waals surface area contributed by atoms with Crippen molar-refractivity contribution in [2.75, 3.05) is 5.88 Å². The van der Waals surface area contributed by atoms with E-state index in [1.54, 1.807) is 18.2 Å². The summed E-state index contributed by atoms with van der Waals surface area (Å²) in [6, 6.07) is 6.59. The summed E-state index contributed by atoms with van der Waals surface area (Å²) in [5.41, 5.74) is 0.786. The number of rotatable bonds is 4. The first kappa shape index (κ1) is 13.8. The second-order valence-electron chi connectivity index (χ2n) is 3.26. The fourth-order valence-corrected chi connectivity index (χ4v) is 1.51. The molecule has 0 spiro atoms. The van der Waals surface area contributed by atoms with Gasteiger partial charge in [-0.1, -0.05) is 29.8 Å². The molecule has 0 aliphatic heterocycles. The molecule has 3 amide bonds. The molecule has 0 radical (unpaired) electrons. The van der Waals surface area contributed by atoms with Crippen LogP contribution >= 0.6 is 23.2 Å². The van der Waals surface area contributed by atoms with Crippen LogP contribution < -0.4 is 10.6 Å². The van der Waals surface area contributed by atoms with Gasteiger partial charge in [-0.25, -0.2) is 4.79 Å². The number of urea groups is 1. The normalized spacial score (nSPS) is 9.76. The van der Waals surface area contributed by atoms with Crippen LogP contribution in [-0.2, 0) is 11.3 Å². The molecule has 1 rings (SSSR count). The van der Waals surface area contributed by atoms with Gasteiger partial charge in [-0.15, -0.1) is 11.6 Å². The van der Waals surface area contributed by atoms with Crippen LogP contribution in [-0.4, -0.2) is 17.8 Å². The average Bonchev–Trinajstić information content (AvgIpc) is 2.28. The molecule has 0 saturated heterocycles. The lowest BCUT2D eigenvalue weighted by molar-refractivity contribution is -0.119. The van der Waals surface area contributed by atoms with E-state index < -0.39 is 11.9 Å². The number of imide groups is 1. The molecule has 0 aliphatic rings. The van der Waals surface area contributed by atoms with Crippen LogP contribution in [0.4, 0.5) is 4.79 Å². The van der Waals surface area contributed by atoms with Crippen LogP contribution in [0.5, 0.6) is 0 Å². The van der Waals surface area contributed by atoms with Crippen LogP contribution in [0.1, 0.15) is 12.0 Å². The Labute approximate surface area is 109 Å². The highest BCUT2D eigenvalue weighted by Gasteiger charge is 2.07. The zero-order valence-corrected chi connectivity index (χ0v) is 10.5. The van der Waals surface area contributed by atoms with Gasteiger partial charge >= 0.3 is 6.03 Å². The van der Waals surface area contributed by atoms with E-state index in [-0.39, 0.29) is 18.8 Å². The minimum Gasteiger partial charge on any atom is -0.334 e. The maximum Gasteiger partial charge on any atom is 0.321 e. The third-order valence-corrected chi connectivity index (χ3v) is 2.53. The predicted molar refractivity (Wildman–Crippen MR) is 67.2 cm³/mol. The molecule has 0 aliphatic carbocycles. The molecule has 0 heterocycles. The summed E-state index contributed by atoms with van der Waals surface area (Å²) in [4.78, 5) is 22.3. The van der Waals surface area contributed by atoms with Crippen molar-refractivity contribution in [2.24, 2.45) is 0 Å². The van der Waals surface area contributed by atoms with Gasteiger partial charge in [0, 0.05) is 23.9 Å². The Kier molecular flexibility index (Phi) is 5.80.